The van der Waals surface area contributed by atoms with Crippen molar-refractivity contribution in [2.45, 2.75) is 70.9 Å². The average Bonchev–Trinajstić information content (AvgIpc) is 2.68. The molecule has 1 aromatic heterocycles. The number of hydrogen-bond donors (Lipinski definition) is 1. The summed E-state index contributed by atoms with van der Waals surface area (Å²) in [4.78, 5) is 26.5. The van der Waals surface area contributed by atoms with E-state index >= 15 is 0 Å². The summed E-state index contributed by atoms with van der Waals surface area (Å²) in [5.41, 5.74) is 1.97. The quantitative estimate of drug-likeness (QED) is 0.859. The molecule has 3 rings (SSSR count). The Labute approximate surface area is 163 Å². The van der Waals surface area contributed by atoms with Gasteiger partial charge >= 0.3 is 0 Å². The van der Waals surface area contributed by atoms with E-state index in [0.29, 0.717) is 6.04 Å². The minimum absolute atomic E-state index is 0.0637. The van der Waals surface area contributed by atoms with Gasteiger partial charge in [-0.1, -0.05) is 19.3 Å². The molecule has 1 saturated heterocycles. The first kappa shape index (κ1) is 20.1. The van der Waals surface area contributed by atoms with Crippen molar-refractivity contribution in [3.05, 3.63) is 17.5 Å². The summed E-state index contributed by atoms with van der Waals surface area (Å²) in [5.74, 6) is 1.09. The first-order valence-electron chi connectivity index (χ1n) is 10.5. The molecule has 1 saturated carbocycles. The van der Waals surface area contributed by atoms with E-state index in [0.717, 1.165) is 43.1 Å². The second-order valence-electron chi connectivity index (χ2n) is 8.42. The third-order valence-electron chi connectivity index (χ3n) is 6.36. The molecule has 1 aliphatic heterocycles. The van der Waals surface area contributed by atoms with Crippen LogP contribution in [0.4, 0.5) is 5.95 Å². The van der Waals surface area contributed by atoms with E-state index in [1.807, 2.05) is 20.0 Å². The molecular weight excluding hydrogens is 338 g/mol. The maximum absolute atomic E-state index is 12.6. The van der Waals surface area contributed by atoms with Crippen LogP contribution >= 0.6 is 0 Å². The highest BCUT2D eigenvalue weighted by Gasteiger charge is 2.26. The van der Waals surface area contributed by atoms with E-state index in [9.17, 15) is 4.79 Å². The van der Waals surface area contributed by atoms with Gasteiger partial charge in [0.15, 0.2) is 0 Å². The zero-order valence-corrected chi connectivity index (χ0v) is 17.4. The zero-order chi connectivity index (χ0) is 19.4. The molecule has 1 aromatic rings. The summed E-state index contributed by atoms with van der Waals surface area (Å²) in [7, 11) is 4.22. The lowest BCUT2D eigenvalue weighted by molar-refractivity contribution is -0.127. The zero-order valence-electron chi connectivity index (χ0n) is 17.4. The normalized spacial score (nSPS) is 21.0. The summed E-state index contributed by atoms with van der Waals surface area (Å²) in [6.45, 7) is 6.05. The number of amides is 1. The number of anilines is 1. The molecule has 1 amide bonds. The highest BCUT2D eigenvalue weighted by Crippen LogP contribution is 2.25. The number of aromatic nitrogens is 2. The maximum atomic E-state index is 12.6. The molecule has 0 bridgehead atoms. The van der Waals surface area contributed by atoms with Gasteiger partial charge in [-0.15, -0.1) is 0 Å². The fourth-order valence-electron chi connectivity index (χ4n) is 4.37. The summed E-state index contributed by atoms with van der Waals surface area (Å²) in [6, 6.07) is 0.483. The molecule has 6 heteroatoms. The standard InChI is InChI=1S/C21H35N5O/c1-15(23-20(27)17-10-12-25(3)13-11-17)19-14-22-21(24-16(19)2)26(4)18-8-6-5-7-9-18/h14-15,17-18H,5-13H2,1-4H3,(H,23,27)/t15-/m0/s1. The monoisotopic (exact) mass is 373 g/mol. The molecular formula is C21H35N5O. The van der Waals surface area contributed by atoms with E-state index in [2.05, 4.69) is 34.2 Å². The third kappa shape index (κ3) is 4.98. The first-order chi connectivity index (χ1) is 13.0. The number of likely N-dealkylation sites (tertiary alicyclic amines) is 1. The Morgan fingerprint density at radius 3 is 2.52 bits per heavy atom. The largest absolute Gasteiger partial charge is 0.349 e. The summed E-state index contributed by atoms with van der Waals surface area (Å²) in [6.07, 6.45) is 10.2. The Bertz CT molecular complexity index is 635. The van der Waals surface area contributed by atoms with Crippen molar-refractivity contribution in [2.75, 3.05) is 32.1 Å². The van der Waals surface area contributed by atoms with Crippen LogP contribution in [0, 0.1) is 12.8 Å². The van der Waals surface area contributed by atoms with Gasteiger partial charge < -0.3 is 15.1 Å². The molecule has 1 atom stereocenters. The molecule has 0 radical (unpaired) electrons. The summed E-state index contributed by atoms with van der Waals surface area (Å²) >= 11 is 0. The SMILES string of the molecule is Cc1nc(N(C)C2CCCCC2)ncc1[C@H](C)NC(=O)C1CCN(C)CC1. The van der Waals surface area contributed by atoms with Crippen LogP contribution in [0.15, 0.2) is 6.20 Å². The predicted octanol–water partition coefficient (Wildman–Crippen LogP) is 3.07. The third-order valence-corrected chi connectivity index (χ3v) is 6.36. The lowest BCUT2D eigenvalue weighted by Crippen LogP contribution is -2.40. The number of hydrogen-bond acceptors (Lipinski definition) is 5. The molecule has 6 nitrogen and oxygen atoms in total. The van der Waals surface area contributed by atoms with Crippen molar-refractivity contribution < 1.29 is 4.79 Å². The molecule has 0 unspecified atom stereocenters. The smallest absolute Gasteiger partial charge is 0.225 e. The van der Waals surface area contributed by atoms with Crippen LogP contribution in [0.25, 0.3) is 0 Å². The van der Waals surface area contributed by atoms with E-state index in [4.69, 9.17) is 4.98 Å². The molecule has 2 fully saturated rings. The van der Waals surface area contributed by atoms with Crippen LogP contribution in [0.1, 0.15) is 69.2 Å². The van der Waals surface area contributed by atoms with Gasteiger partial charge in [-0.25, -0.2) is 9.97 Å². The number of nitrogens with zero attached hydrogens (tertiary/aromatic N) is 4. The van der Waals surface area contributed by atoms with E-state index < -0.39 is 0 Å². The number of carbonyl (C=O) groups is 1. The van der Waals surface area contributed by atoms with Gasteiger partial charge in [0.25, 0.3) is 0 Å². The number of rotatable bonds is 5. The Morgan fingerprint density at radius 1 is 1.22 bits per heavy atom. The van der Waals surface area contributed by atoms with E-state index in [-0.39, 0.29) is 17.9 Å². The topological polar surface area (TPSA) is 61.4 Å². The molecule has 2 heterocycles. The van der Waals surface area contributed by atoms with Gasteiger partial charge in [-0.3, -0.25) is 4.79 Å². The maximum Gasteiger partial charge on any atom is 0.225 e. The minimum Gasteiger partial charge on any atom is -0.349 e. The molecule has 0 aromatic carbocycles. The van der Waals surface area contributed by atoms with Crippen molar-refractivity contribution in [3.8, 4) is 0 Å². The van der Waals surface area contributed by atoms with Gasteiger partial charge in [0, 0.05) is 36.5 Å². The van der Waals surface area contributed by atoms with Crippen LogP contribution in [0.3, 0.4) is 0 Å². The fraction of sp³-hybridized carbons (Fsp3) is 0.762. The highest BCUT2D eigenvalue weighted by atomic mass is 16.1. The van der Waals surface area contributed by atoms with Crippen molar-refractivity contribution in [1.29, 1.82) is 0 Å². The minimum atomic E-state index is -0.0637. The lowest BCUT2D eigenvalue weighted by atomic mass is 9.95. The molecule has 0 spiro atoms. The summed E-state index contributed by atoms with van der Waals surface area (Å²) in [5, 5.41) is 3.18. The van der Waals surface area contributed by atoms with Crippen LogP contribution in [0.2, 0.25) is 0 Å². The van der Waals surface area contributed by atoms with Crippen molar-refractivity contribution in [2.24, 2.45) is 5.92 Å². The van der Waals surface area contributed by atoms with Crippen molar-refractivity contribution in [3.63, 3.8) is 0 Å². The van der Waals surface area contributed by atoms with Crippen molar-refractivity contribution in [1.82, 2.24) is 20.2 Å². The fourth-order valence-corrected chi connectivity index (χ4v) is 4.37. The average molecular weight is 374 g/mol. The Kier molecular flexibility index (Phi) is 6.68. The van der Waals surface area contributed by atoms with Gasteiger partial charge in [0.05, 0.1) is 6.04 Å². The Morgan fingerprint density at radius 2 is 1.89 bits per heavy atom. The van der Waals surface area contributed by atoms with E-state index in [1.165, 1.54) is 32.1 Å². The van der Waals surface area contributed by atoms with Gasteiger partial charge in [0.2, 0.25) is 11.9 Å². The Balaban J connectivity index is 1.61. The number of piperidine rings is 1. The molecule has 150 valence electrons. The highest BCUT2D eigenvalue weighted by molar-refractivity contribution is 5.79. The van der Waals surface area contributed by atoms with Gasteiger partial charge in [-0.2, -0.15) is 0 Å². The first-order valence-corrected chi connectivity index (χ1v) is 10.5. The second-order valence-corrected chi connectivity index (χ2v) is 8.42. The summed E-state index contributed by atoms with van der Waals surface area (Å²) < 4.78 is 0. The molecule has 2 aliphatic rings. The number of nitrogens with one attached hydrogen (secondary N) is 1. The van der Waals surface area contributed by atoms with Crippen LogP contribution in [-0.2, 0) is 4.79 Å². The van der Waals surface area contributed by atoms with Crippen LogP contribution < -0.4 is 10.2 Å². The van der Waals surface area contributed by atoms with Crippen molar-refractivity contribution >= 4 is 11.9 Å². The predicted molar refractivity (Wildman–Crippen MR) is 109 cm³/mol. The Hall–Kier alpha value is -1.69. The molecule has 27 heavy (non-hydrogen) atoms. The second kappa shape index (κ2) is 9.00. The number of aryl methyl sites for hydroxylation is 1. The molecule has 1 aliphatic carbocycles. The van der Waals surface area contributed by atoms with Gasteiger partial charge in [0.1, 0.15) is 0 Å². The number of carbonyl (C=O) groups excluding carboxylic acids is 1. The molecule has 1 N–H and O–H groups in total. The van der Waals surface area contributed by atoms with Crippen LogP contribution in [-0.4, -0.2) is 54.0 Å². The van der Waals surface area contributed by atoms with Crippen LogP contribution in [0.5, 0.6) is 0 Å². The van der Waals surface area contributed by atoms with Gasteiger partial charge in [-0.05, 0) is 59.7 Å². The lowest BCUT2D eigenvalue weighted by Gasteiger charge is -2.31. The van der Waals surface area contributed by atoms with E-state index in [1.54, 1.807) is 0 Å².